The minimum absolute atomic E-state index is 0.138. The first-order valence-electron chi connectivity index (χ1n) is 9.16. The van der Waals surface area contributed by atoms with Crippen LogP contribution in [-0.4, -0.2) is 5.43 Å². The molecular formula is C24H28SiZr. The maximum Gasteiger partial charge on any atom is -0.0579 e. The van der Waals surface area contributed by atoms with Crippen molar-refractivity contribution in [3.8, 4) is 0 Å². The fourth-order valence-electron chi connectivity index (χ4n) is 2.61. The van der Waals surface area contributed by atoms with Crippen LogP contribution in [0.3, 0.4) is 0 Å². The topological polar surface area (TPSA) is 0 Å². The molecule has 0 unspecified atom stereocenters. The number of hydrogen-bond donors (Lipinski definition) is 0. The first-order chi connectivity index (χ1) is 12.4. The molecule has 0 saturated carbocycles. The molecule has 0 atom stereocenters. The summed E-state index contributed by atoms with van der Waals surface area (Å²) in [5, 5.41) is 5.39. The summed E-state index contributed by atoms with van der Waals surface area (Å²) >= 11 is 1.77. The standard InChI is InChI=1S/2C10H9.C4H10Si.Zr/c2*1-8-6-9-4-2-3-5-10(9)7-8;1-4(2)5-3;/h2*2-7H,1H3;4H,1-3H3;/q2*-1;;+2. The molecule has 4 rings (SSSR count). The van der Waals surface area contributed by atoms with Gasteiger partial charge in [0.2, 0.25) is 0 Å². The molecule has 0 amide bonds. The molecule has 0 bridgehead atoms. The van der Waals surface area contributed by atoms with Crippen molar-refractivity contribution >= 4 is 27.0 Å². The van der Waals surface area contributed by atoms with Gasteiger partial charge in [0.1, 0.15) is 0 Å². The smallest absolute Gasteiger partial charge is 0.0579 e. The third-order valence-electron chi connectivity index (χ3n) is 4.39. The van der Waals surface area contributed by atoms with Crippen LogP contribution in [0.5, 0.6) is 0 Å². The van der Waals surface area contributed by atoms with Gasteiger partial charge in [0.15, 0.2) is 0 Å². The molecule has 0 heterocycles. The van der Waals surface area contributed by atoms with Crippen LogP contribution in [0.1, 0.15) is 25.0 Å². The Morgan fingerprint density at radius 1 is 0.769 bits per heavy atom. The van der Waals surface area contributed by atoms with E-state index < -0.39 is 0 Å². The summed E-state index contributed by atoms with van der Waals surface area (Å²) in [4.78, 5) is 0. The number of aryl methyl sites for hydroxylation is 2. The monoisotopic (exact) mass is 434 g/mol. The fraction of sp³-hybridized carbons (Fsp3) is 0.250. The third-order valence-corrected chi connectivity index (χ3v) is 10.4. The molecule has 0 radical (unpaired) electrons. The van der Waals surface area contributed by atoms with Crippen molar-refractivity contribution in [1.82, 2.24) is 0 Å². The number of benzene rings is 2. The molecule has 0 aliphatic heterocycles. The van der Waals surface area contributed by atoms with Gasteiger partial charge in [0.05, 0.1) is 0 Å². The number of rotatable bonds is 1. The second-order valence-electron chi connectivity index (χ2n) is 7.16. The Labute approximate surface area is 173 Å². The summed E-state index contributed by atoms with van der Waals surface area (Å²) in [5.74, 6) is 0. The van der Waals surface area contributed by atoms with E-state index >= 15 is 0 Å². The summed E-state index contributed by atoms with van der Waals surface area (Å²) in [6, 6.07) is 25.7. The molecule has 26 heavy (non-hydrogen) atoms. The van der Waals surface area contributed by atoms with Gasteiger partial charge < -0.3 is 0 Å². The molecule has 0 aliphatic rings. The van der Waals surface area contributed by atoms with Crippen LogP contribution in [0.25, 0.3) is 21.5 Å². The third kappa shape index (κ3) is 6.49. The zero-order chi connectivity index (χ0) is 19.1. The Morgan fingerprint density at radius 2 is 1.12 bits per heavy atom. The first kappa shape index (κ1) is 21.1. The van der Waals surface area contributed by atoms with E-state index in [9.17, 15) is 0 Å². The van der Waals surface area contributed by atoms with Gasteiger partial charge in [-0.05, 0) is 0 Å². The average molecular weight is 436 g/mol. The zero-order valence-electron chi connectivity index (χ0n) is 16.5. The van der Waals surface area contributed by atoms with Gasteiger partial charge in [-0.25, -0.2) is 0 Å². The van der Waals surface area contributed by atoms with Crippen molar-refractivity contribution < 1.29 is 23.3 Å². The van der Waals surface area contributed by atoms with E-state index in [1.54, 1.807) is 23.3 Å². The van der Waals surface area contributed by atoms with Crippen LogP contribution < -0.4 is 0 Å². The minimum Gasteiger partial charge on any atom is -0.165 e. The first-order valence-corrected chi connectivity index (χ1v) is 14.9. The second kappa shape index (κ2) is 10.2. The van der Waals surface area contributed by atoms with E-state index in [0.717, 1.165) is 5.54 Å². The molecule has 0 fully saturated rings. The van der Waals surface area contributed by atoms with Gasteiger partial charge >= 0.3 is 54.7 Å². The summed E-state index contributed by atoms with van der Waals surface area (Å²) in [7, 11) is 0. The van der Waals surface area contributed by atoms with Gasteiger partial charge in [-0.2, -0.15) is 12.1 Å². The van der Waals surface area contributed by atoms with E-state index in [4.69, 9.17) is 0 Å². The van der Waals surface area contributed by atoms with Gasteiger partial charge in [-0.1, -0.05) is 26.0 Å². The van der Waals surface area contributed by atoms with Crippen LogP contribution in [0.2, 0.25) is 12.1 Å². The van der Waals surface area contributed by atoms with Crippen LogP contribution >= 0.6 is 0 Å². The molecule has 4 aromatic rings. The molecular weight excluding hydrogens is 408 g/mol. The normalized spacial score (nSPS) is 10.3. The van der Waals surface area contributed by atoms with Crippen LogP contribution in [-0.2, 0) is 23.3 Å². The number of fused-ring (bicyclic) bond motifs is 2. The van der Waals surface area contributed by atoms with E-state index in [2.05, 4.69) is 107 Å². The summed E-state index contributed by atoms with van der Waals surface area (Å²) in [5.41, 5.74) is 3.83. The second-order valence-corrected chi connectivity index (χ2v) is 15.5. The van der Waals surface area contributed by atoms with Crippen molar-refractivity contribution in [2.45, 2.75) is 39.8 Å². The van der Waals surface area contributed by atoms with Gasteiger partial charge in [0.25, 0.3) is 0 Å². The maximum atomic E-state index is 2.38. The fourth-order valence-corrected chi connectivity index (χ4v) is 2.61. The van der Waals surface area contributed by atoms with Crippen molar-refractivity contribution in [2.24, 2.45) is 0 Å². The Bertz CT molecular complexity index is 834. The van der Waals surface area contributed by atoms with Gasteiger partial charge in [-0.15, -0.1) is 81.2 Å². The summed E-state index contributed by atoms with van der Waals surface area (Å²) in [6.07, 6.45) is 0. The minimum atomic E-state index is 0.138. The van der Waals surface area contributed by atoms with Crippen molar-refractivity contribution in [3.05, 3.63) is 83.9 Å². The van der Waals surface area contributed by atoms with Gasteiger partial charge in [-0.3, -0.25) is 0 Å². The molecule has 0 N–H and O–H groups in total. The molecule has 0 saturated heterocycles. The number of hydrogen-bond acceptors (Lipinski definition) is 0. The largest absolute Gasteiger partial charge is 0.165 e. The SMILES string of the molecule is CC(C)[Si](C)=[Zr+2].Cc1cc2ccccc2[cH-]1.Cc1cc2ccccc2[cH-]1. The Balaban J connectivity index is 0.000000146. The molecule has 4 aromatic carbocycles. The molecule has 0 spiro atoms. The van der Waals surface area contributed by atoms with Crippen LogP contribution in [0.15, 0.2) is 72.8 Å². The summed E-state index contributed by atoms with van der Waals surface area (Å²) in [6.45, 7) is 11.2. The summed E-state index contributed by atoms with van der Waals surface area (Å²) < 4.78 is 0. The average Bonchev–Trinajstić information content (AvgIpc) is 3.16. The zero-order valence-corrected chi connectivity index (χ0v) is 20.0. The van der Waals surface area contributed by atoms with Crippen molar-refractivity contribution in [3.63, 3.8) is 0 Å². The Hall–Kier alpha value is -1.24. The molecule has 132 valence electrons. The van der Waals surface area contributed by atoms with E-state index in [1.165, 1.54) is 32.7 Å². The predicted octanol–water partition coefficient (Wildman–Crippen LogP) is 7.30. The Kier molecular flexibility index (Phi) is 8.25. The van der Waals surface area contributed by atoms with Crippen LogP contribution in [0, 0.1) is 13.8 Å². The van der Waals surface area contributed by atoms with Crippen molar-refractivity contribution in [2.75, 3.05) is 0 Å². The predicted molar refractivity (Wildman–Crippen MR) is 115 cm³/mol. The van der Waals surface area contributed by atoms with Crippen molar-refractivity contribution in [1.29, 1.82) is 0 Å². The molecule has 0 nitrogen and oxygen atoms in total. The Morgan fingerprint density at radius 3 is 1.42 bits per heavy atom. The quantitative estimate of drug-likeness (QED) is 0.217. The molecule has 2 heteroatoms. The molecule has 0 aliphatic carbocycles. The van der Waals surface area contributed by atoms with Gasteiger partial charge in [0, 0.05) is 0 Å². The maximum absolute atomic E-state index is 2.38. The van der Waals surface area contributed by atoms with E-state index in [-0.39, 0.29) is 5.43 Å². The van der Waals surface area contributed by atoms with E-state index in [0.29, 0.717) is 0 Å². The molecule has 0 aromatic heterocycles. The van der Waals surface area contributed by atoms with Crippen LogP contribution in [0.4, 0.5) is 0 Å². The van der Waals surface area contributed by atoms with E-state index in [1.807, 2.05) is 0 Å².